The number of methoxy groups -OCH3 is 1. The summed E-state index contributed by atoms with van der Waals surface area (Å²) in [5, 5.41) is 0.298. The molecule has 0 bridgehead atoms. The third-order valence-electron chi connectivity index (χ3n) is 3.95. The second-order valence-corrected chi connectivity index (χ2v) is 5.59. The zero-order valence-electron chi connectivity index (χ0n) is 13.3. The number of rotatable bonds is 3. The quantitative estimate of drug-likeness (QED) is 0.476. The maximum Gasteiger partial charge on any atom is 0.325 e. The smallest absolute Gasteiger partial charge is 0.325 e. The van der Waals surface area contributed by atoms with Gasteiger partial charge in [-0.1, -0.05) is 0 Å². The molecular weight excluding hydrogens is 302 g/mol. The normalized spacial score (nSPS) is 16.9. The van der Waals surface area contributed by atoms with E-state index in [4.69, 9.17) is 12.2 Å². The minimum absolute atomic E-state index is 0.0812. The third-order valence-corrected chi connectivity index (χ3v) is 4.45. The fourth-order valence-electron chi connectivity index (χ4n) is 2.32. The van der Waals surface area contributed by atoms with Gasteiger partial charge in [-0.25, -0.2) is 0 Å². The number of esters is 1. The molecule has 1 aliphatic rings. The molecule has 1 amide bonds. The van der Waals surface area contributed by atoms with Crippen LogP contribution in [0.25, 0.3) is 6.08 Å². The molecule has 2 rings (SSSR count). The van der Waals surface area contributed by atoms with Crippen molar-refractivity contribution in [3.63, 3.8) is 0 Å². The van der Waals surface area contributed by atoms with Gasteiger partial charge in [0, 0.05) is 25.5 Å². The molecule has 1 aromatic heterocycles. The Balaban J connectivity index is 2.46. The molecule has 1 fully saturated rings. The van der Waals surface area contributed by atoms with Crippen LogP contribution in [0.15, 0.2) is 11.8 Å². The molecule has 0 N–H and O–H groups in total. The number of amides is 1. The van der Waals surface area contributed by atoms with Crippen molar-refractivity contribution < 1.29 is 14.3 Å². The van der Waals surface area contributed by atoms with Gasteiger partial charge >= 0.3 is 5.97 Å². The van der Waals surface area contributed by atoms with Gasteiger partial charge < -0.3 is 14.2 Å². The Morgan fingerprint density at radius 3 is 2.50 bits per heavy atom. The van der Waals surface area contributed by atoms with Gasteiger partial charge in [0.05, 0.1) is 7.11 Å². The van der Waals surface area contributed by atoms with E-state index < -0.39 is 5.97 Å². The Morgan fingerprint density at radius 1 is 1.36 bits per heavy atom. The van der Waals surface area contributed by atoms with Crippen molar-refractivity contribution in [2.75, 3.05) is 20.7 Å². The van der Waals surface area contributed by atoms with E-state index in [1.807, 2.05) is 31.5 Å². The summed E-state index contributed by atoms with van der Waals surface area (Å²) < 4.78 is 6.72. The number of likely N-dealkylation sites (N-methyl/N-ethyl adjacent to an activating group) is 1. The largest absolute Gasteiger partial charge is 0.468 e. The molecule has 1 aliphatic heterocycles. The molecule has 0 aromatic carbocycles. The first-order valence-electron chi connectivity index (χ1n) is 6.79. The number of aromatic nitrogens is 1. The Hall–Kier alpha value is -2.15. The molecule has 0 radical (unpaired) electrons. The van der Waals surface area contributed by atoms with Gasteiger partial charge in [-0.15, -0.1) is 0 Å². The van der Waals surface area contributed by atoms with E-state index in [1.54, 1.807) is 13.1 Å². The van der Waals surface area contributed by atoms with Gasteiger partial charge in [0.25, 0.3) is 5.91 Å². The van der Waals surface area contributed by atoms with Crippen LogP contribution in [0, 0.1) is 13.8 Å². The number of hydrogen-bond acceptors (Lipinski definition) is 4. The fraction of sp³-hybridized carbons (Fsp3) is 0.400. The van der Waals surface area contributed by atoms with E-state index in [9.17, 15) is 9.59 Å². The highest BCUT2D eigenvalue weighted by Crippen LogP contribution is 2.24. The summed E-state index contributed by atoms with van der Waals surface area (Å²) in [6.45, 7) is 3.89. The van der Waals surface area contributed by atoms with Crippen molar-refractivity contribution >= 4 is 35.3 Å². The maximum atomic E-state index is 12.4. The molecule has 2 heterocycles. The molecule has 0 unspecified atom stereocenters. The molecule has 0 aliphatic carbocycles. The number of ether oxygens (including phenoxy) is 1. The zero-order valence-corrected chi connectivity index (χ0v) is 14.2. The lowest BCUT2D eigenvalue weighted by Gasteiger charge is -2.16. The first-order valence-corrected chi connectivity index (χ1v) is 7.19. The number of nitrogens with zero attached hydrogens (tertiary/aromatic N) is 3. The summed E-state index contributed by atoms with van der Waals surface area (Å²) in [5.74, 6) is -0.674. The van der Waals surface area contributed by atoms with E-state index >= 15 is 0 Å². The Morgan fingerprint density at radius 2 is 2.00 bits per heavy atom. The first kappa shape index (κ1) is 16.2. The second-order valence-electron chi connectivity index (χ2n) is 5.22. The molecule has 0 spiro atoms. The zero-order chi connectivity index (χ0) is 16.6. The summed E-state index contributed by atoms with van der Waals surface area (Å²) in [4.78, 5) is 26.8. The fourth-order valence-corrected chi connectivity index (χ4v) is 2.57. The minimum atomic E-state index is -0.447. The van der Waals surface area contributed by atoms with Crippen molar-refractivity contribution in [2.45, 2.75) is 13.8 Å². The number of hydrogen-bond donors (Lipinski definition) is 0. The summed E-state index contributed by atoms with van der Waals surface area (Å²) in [7, 11) is 4.87. The molecule has 7 heteroatoms. The molecule has 1 saturated heterocycles. The van der Waals surface area contributed by atoms with Crippen LogP contribution in [0.3, 0.4) is 0 Å². The third kappa shape index (κ3) is 2.64. The maximum absolute atomic E-state index is 12.4. The van der Waals surface area contributed by atoms with Gasteiger partial charge in [0.2, 0.25) is 0 Å². The molecular formula is C15H19N3O3S. The molecule has 6 nitrogen and oxygen atoms in total. The molecule has 118 valence electrons. The van der Waals surface area contributed by atoms with Gasteiger partial charge in [0.15, 0.2) is 5.11 Å². The van der Waals surface area contributed by atoms with Crippen LogP contribution in [-0.4, -0.2) is 52.1 Å². The van der Waals surface area contributed by atoms with E-state index in [2.05, 4.69) is 4.74 Å². The topological polar surface area (TPSA) is 54.8 Å². The first-order chi connectivity index (χ1) is 10.3. The Kier molecular flexibility index (Phi) is 4.37. The van der Waals surface area contributed by atoms with E-state index in [1.165, 1.54) is 16.9 Å². The highest BCUT2D eigenvalue weighted by Gasteiger charge is 2.36. The summed E-state index contributed by atoms with van der Waals surface area (Å²) in [6.07, 6.45) is 1.77. The highest BCUT2D eigenvalue weighted by atomic mass is 32.1. The van der Waals surface area contributed by atoms with Gasteiger partial charge in [-0.3, -0.25) is 14.5 Å². The van der Waals surface area contributed by atoms with Gasteiger partial charge in [-0.2, -0.15) is 0 Å². The van der Waals surface area contributed by atoms with E-state index in [-0.39, 0.29) is 12.5 Å². The van der Waals surface area contributed by atoms with Crippen LogP contribution in [0.5, 0.6) is 0 Å². The van der Waals surface area contributed by atoms with Crippen molar-refractivity contribution in [2.24, 2.45) is 7.05 Å². The number of carbonyl (C=O) groups is 2. The van der Waals surface area contributed by atoms with Crippen LogP contribution in [0.2, 0.25) is 0 Å². The molecule has 0 atom stereocenters. The van der Waals surface area contributed by atoms with Gasteiger partial charge in [0.1, 0.15) is 12.2 Å². The number of aryl methyl sites for hydroxylation is 1. The second kappa shape index (κ2) is 5.92. The van der Waals surface area contributed by atoms with Crippen molar-refractivity contribution in [1.82, 2.24) is 14.4 Å². The summed E-state index contributed by atoms with van der Waals surface area (Å²) in [5.41, 5.74) is 3.43. The van der Waals surface area contributed by atoms with Crippen LogP contribution < -0.4 is 0 Å². The van der Waals surface area contributed by atoms with Crippen LogP contribution >= 0.6 is 12.2 Å². The number of thiocarbonyl (C=S) groups is 1. The molecule has 22 heavy (non-hydrogen) atoms. The Labute approximate surface area is 134 Å². The molecule has 0 saturated carbocycles. The van der Waals surface area contributed by atoms with Crippen molar-refractivity contribution in [3.05, 3.63) is 28.7 Å². The average molecular weight is 321 g/mol. The number of carbonyl (C=O) groups excluding carboxylic acids is 2. The lowest BCUT2D eigenvalue weighted by Crippen LogP contribution is -2.33. The van der Waals surface area contributed by atoms with Crippen LogP contribution in [0.1, 0.15) is 17.0 Å². The monoisotopic (exact) mass is 321 g/mol. The highest BCUT2D eigenvalue weighted by molar-refractivity contribution is 7.80. The predicted octanol–water partition coefficient (Wildman–Crippen LogP) is 1.21. The van der Waals surface area contributed by atoms with E-state index in [0.29, 0.717) is 10.8 Å². The SMILES string of the molecule is COC(=O)CN1C(=S)N(C)C(=O)/C1=C/c1cc(C)n(C)c1C. The predicted molar refractivity (Wildman–Crippen MR) is 87.0 cm³/mol. The lowest BCUT2D eigenvalue weighted by molar-refractivity contribution is -0.140. The standard InChI is InChI=1S/C15H19N3O3S/c1-9-6-11(10(2)16(9)3)7-12-14(20)17(4)15(22)18(12)8-13(19)21-5/h6-7H,8H2,1-5H3/b12-7-. The minimum Gasteiger partial charge on any atom is -0.468 e. The average Bonchev–Trinajstić information content (AvgIpc) is 2.84. The van der Waals surface area contributed by atoms with E-state index in [0.717, 1.165) is 17.0 Å². The summed E-state index contributed by atoms with van der Waals surface area (Å²) in [6, 6.07) is 1.99. The summed E-state index contributed by atoms with van der Waals surface area (Å²) >= 11 is 5.24. The van der Waals surface area contributed by atoms with Crippen LogP contribution in [0.4, 0.5) is 0 Å². The van der Waals surface area contributed by atoms with Gasteiger partial charge in [-0.05, 0) is 43.8 Å². The van der Waals surface area contributed by atoms with Crippen molar-refractivity contribution in [1.29, 1.82) is 0 Å². The Bertz CT molecular complexity index is 690. The van der Waals surface area contributed by atoms with Crippen molar-refractivity contribution in [3.8, 4) is 0 Å². The molecule has 1 aromatic rings. The van der Waals surface area contributed by atoms with Crippen LogP contribution in [-0.2, 0) is 21.4 Å². The lowest BCUT2D eigenvalue weighted by atomic mass is 10.2.